The van der Waals surface area contributed by atoms with Gasteiger partial charge in [-0.1, -0.05) is 33.6 Å². The van der Waals surface area contributed by atoms with E-state index >= 15 is 0 Å². The molecule has 0 spiro atoms. The molecule has 1 heterocycles. The summed E-state index contributed by atoms with van der Waals surface area (Å²) in [5, 5.41) is 5.50. The van der Waals surface area contributed by atoms with Crippen LogP contribution in [0.2, 0.25) is 5.02 Å². The van der Waals surface area contributed by atoms with E-state index in [1.54, 1.807) is 0 Å². The zero-order valence-electron chi connectivity index (χ0n) is 11.9. The Hall–Kier alpha value is -1.45. The van der Waals surface area contributed by atoms with Gasteiger partial charge < -0.3 is 10.3 Å². The summed E-state index contributed by atoms with van der Waals surface area (Å²) in [5.41, 5.74) is 5.99. The number of fused-ring (bicyclic) bond motifs is 1. The molecule has 1 aromatic heterocycles. The van der Waals surface area contributed by atoms with E-state index < -0.39 is 0 Å². The van der Waals surface area contributed by atoms with Gasteiger partial charge in [-0.15, -0.1) is 0 Å². The topological polar surface area (TPSA) is 27.8 Å². The molecule has 108 valence electrons. The highest BCUT2D eigenvalue weighted by Crippen LogP contribution is 2.27. The maximum atomic E-state index is 6.02. The normalized spacial score (nSPS) is 11.0. The fourth-order valence-corrected chi connectivity index (χ4v) is 3.54. The zero-order valence-corrected chi connectivity index (χ0v) is 14.3. The number of halogens is 2. The van der Waals surface area contributed by atoms with Gasteiger partial charge >= 0.3 is 0 Å². The number of hydrogen-bond acceptors (Lipinski definition) is 1. The van der Waals surface area contributed by atoms with E-state index in [-0.39, 0.29) is 0 Å². The molecule has 2 aromatic carbocycles. The third kappa shape index (κ3) is 2.94. The van der Waals surface area contributed by atoms with Crippen LogP contribution in [0.4, 0.5) is 5.69 Å². The zero-order chi connectivity index (χ0) is 15.0. The number of aromatic amines is 1. The SMILES string of the molecule is Cc1cc(Br)cc(C)c1NCc1c[nH]c2cc(Cl)ccc12. The summed E-state index contributed by atoms with van der Waals surface area (Å²) in [6.45, 7) is 5.02. The number of benzene rings is 2. The second-order valence-electron chi connectivity index (χ2n) is 5.27. The largest absolute Gasteiger partial charge is 0.380 e. The Labute approximate surface area is 137 Å². The van der Waals surface area contributed by atoms with Gasteiger partial charge in [0.25, 0.3) is 0 Å². The number of H-pyrrole nitrogens is 1. The number of aryl methyl sites for hydroxylation is 2. The van der Waals surface area contributed by atoms with Crippen LogP contribution in [0.5, 0.6) is 0 Å². The van der Waals surface area contributed by atoms with Crippen LogP contribution in [0.25, 0.3) is 10.9 Å². The summed E-state index contributed by atoms with van der Waals surface area (Å²) in [7, 11) is 0. The Morgan fingerprint density at radius 1 is 1.14 bits per heavy atom. The molecule has 0 amide bonds. The van der Waals surface area contributed by atoms with Crippen molar-refractivity contribution < 1.29 is 0 Å². The number of nitrogens with one attached hydrogen (secondary N) is 2. The van der Waals surface area contributed by atoms with Crippen molar-refractivity contribution in [3.05, 3.63) is 62.7 Å². The first-order chi connectivity index (χ1) is 10.0. The maximum absolute atomic E-state index is 6.02. The predicted octanol–water partition coefficient (Wildman–Crippen LogP) is 5.81. The summed E-state index contributed by atoms with van der Waals surface area (Å²) in [6.07, 6.45) is 2.04. The Bertz CT molecular complexity index is 785. The molecule has 0 saturated carbocycles. The Morgan fingerprint density at radius 2 is 1.86 bits per heavy atom. The Morgan fingerprint density at radius 3 is 2.57 bits per heavy atom. The third-order valence-corrected chi connectivity index (χ3v) is 4.38. The molecular weight excluding hydrogens is 348 g/mol. The molecule has 0 aliphatic rings. The van der Waals surface area contributed by atoms with E-state index in [4.69, 9.17) is 11.6 Å². The summed E-state index contributed by atoms with van der Waals surface area (Å²) in [4.78, 5) is 3.27. The van der Waals surface area contributed by atoms with E-state index in [1.165, 1.54) is 27.8 Å². The van der Waals surface area contributed by atoms with Gasteiger partial charge in [0.15, 0.2) is 0 Å². The molecule has 0 bridgehead atoms. The molecule has 0 radical (unpaired) electrons. The quantitative estimate of drug-likeness (QED) is 0.603. The first kappa shape index (κ1) is 14.5. The van der Waals surface area contributed by atoms with Gasteiger partial charge in [-0.2, -0.15) is 0 Å². The van der Waals surface area contributed by atoms with Crippen molar-refractivity contribution in [1.82, 2.24) is 4.98 Å². The lowest BCUT2D eigenvalue weighted by atomic mass is 10.1. The van der Waals surface area contributed by atoms with Crippen LogP contribution in [0.1, 0.15) is 16.7 Å². The Balaban J connectivity index is 1.87. The Kier molecular flexibility index (Phi) is 3.96. The molecule has 0 fully saturated rings. The standard InChI is InChI=1S/C17H16BrClN2/c1-10-5-13(18)6-11(2)17(10)21-9-12-8-20-16-7-14(19)3-4-15(12)16/h3-8,20-21H,9H2,1-2H3. The van der Waals surface area contributed by atoms with E-state index in [9.17, 15) is 0 Å². The van der Waals surface area contributed by atoms with Gasteiger partial charge in [0.05, 0.1) is 0 Å². The molecule has 2 N–H and O–H groups in total. The van der Waals surface area contributed by atoms with Crippen molar-refractivity contribution in [3.63, 3.8) is 0 Å². The molecule has 2 nitrogen and oxygen atoms in total. The minimum atomic E-state index is 0.753. The lowest BCUT2D eigenvalue weighted by molar-refractivity contribution is 1.14. The fraction of sp³-hybridized carbons (Fsp3) is 0.176. The maximum Gasteiger partial charge on any atom is 0.0472 e. The van der Waals surface area contributed by atoms with Gasteiger partial charge in [0, 0.05) is 38.8 Å². The average Bonchev–Trinajstić information content (AvgIpc) is 2.79. The van der Waals surface area contributed by atoms with Crippen LogP contribution < -0.4 is 5.32 Å². The highest BCUT2D eigenvalue weighted by molar-refractivity contribution is 9.10. The second-order valence-corrected chi connectivity index (χ2v) is 6.62. The molecule has 0 aliphatic heterocycles. The summed E-state index contributed by atoms with van der Waals surface area (Å²) < 4.78 is 1.12. The van der Waals surface area contributed by atoms with E-state index in [1.807, 2.05) is 18.3 Å². The third-order valence-electron chi connectivity index (χ3n) is 3.68. The van der Waals surface area contributed by atoms with Crippen LogP contribution in [0.3, 0.4) is 0 Å². The smallest absolute Gasteiger partial charge is 0.0472 e. The first-order valence-corrected chi connectivity index (χ1v) is 7.98. The summed E-state index contributed by atoms with van der Waals surface area (Å²) in [5.74, 6) is 0. The monoisotopic (exact) mass is 362 g/mol. The van der Waals surface area contributed by atoms with Gasteiger partial charge in [-0.05, 0) is 54.8 Å². The number of rotatable bonds is 3. The molecular formula is C17H16BrClN2. The average molecular weight is 364 g/mol. The van der Waals surface area contributed by atoms with Gasteiger partial charge in [-0.25, -0.2) is 0 Å². The molecule has 0 atom stereocenters. The predicted molar refractivity (Wildman–Crippen MR) is 94.3 cm³/mol. The molecule has 3 aromatic rings. The number of anilines is 1. The van der Waals surface area contributed by atoms with Crippen molar-refractivity contribution in [2.45, 2.75) is 20.4 Å². The minimum absolute atomic E-state index is 0.753. The minimum Gasteiger partial charge on any atom is -0.380 e. The fourth-order valence-electron chi connectivity index (χ4n) is 2.68. The van der Waals surface area contributed by atoms with Crippen molar-refractivity contribution in [3.8, 4) is 0 Å². The van der Waals surface area contributed by atoms with Crippen molar-refractivity contribution >= 4 is 44.1 Å². The lowest BCUT2D eigenvalue weighted by Gasteiger charge is -2.13. The molecule has 0 saturated heterocycles. The van der Waals surface area contributed by atoms with Crippen LogP contribution in [0.15, 0.2) is 41.0 Å². The van der Waals surface area contributed by atoms with Crippen molar-refractivity contribution in [2.24, 2.45) is 0 Å². The van der Waals surface area contributed by atoms with E-state index in [0.717, 1.165) is 21.6 Å². The molecule has 4 heteroatoms. The molecule has 0 aliphatic carbocycles. The van der Waals surface area contributed by atoms with Gasteiger partial charge in [0.1, 0.15) is 0 Å². The first-order valence-electron chi connectivity index (χ1n) is 6.81. The van der Waals surface area contributed by atoms with Crippen LogP contribution in [-0.4, -0.2) is 4.98 Å². The molecule has 21 heavy (non-hydrogen) atoms. The lowest BCUT2D eigenvalue weighted by Crippen LogP contribution is -2.02. The molecule has 3 rings (SSSR count). The highest BCUT2D eigenvalue weighted by Gasteiger charge is 2.07. The highest BCUT2D eigenvalue weighted by atomic mass is 79.9. The van der Waals surface area contributed by atoms with Crippen LogP contribution in [0, 0.1) is 13.8 Å². The summed E-state index contributed by atoms with van der Waals surface area (Å²) >= 11 is 9.55. The number of hydrogen-bond donors (Lipinski definition) is 2. The van der Waals surface area contributed by atoms with E-state index in [2.05, 4.69) is 58.3 Å². The molecule has 0 unspecified atom stereocenters. The van der Waals surface area contributed by atoms with Crippen LogP contribution in [-0.2, 0) is 6.54 Å². The van der Waals surface area contributed by atoms with Gasteiger partial charge in [-0.3, -0.25) is 0 Å². The second kappa shape index (κ2) is 5.74. The van der Waals surface area contributed by atoms with Crippen molar-refractivity contribution in [2.75, 3.05) is 5.32 Å². The van der Waals surface area contributed by atoms with Crippen LogP contribution >= 0.6 is 27.5 Å². The van der Waals surface area contributed by atoms with E-state index in [0.29, 0.717) is 0 Å². The number of aromatic nitrogens is 1. The van der Waals surface area contributed by atoms with Crippen molar-refractivity contribution in [1.29, 1.82) is 0 Å². The van der Waals surface area contributed by atoms with Gasteiger partial charge in [0.2, 0.25) is 0 Å². The summed E-state index contributed by atoms with van der Waals surface area (Å²) in [6, 6.07) is 10.2.